The molecule has 1 amide bonds. The van der Waals surface area contributed by atoms with Crippen molar-refractivity contribution in [3.63, 3.8) is 0 Å². The van der Waals surface area contributed by atoms with E-state index in [0.29, 0.717) is 17.1 Å². The van der Waals surface area contributed by atoms with Crippen LogP contribution in [0.1, 0.15) is 23.4 Å². The van der Waals surface area contributed by atoms with Crippen LogP contribution in [0.5, 0.6) is 0 Å². The van der Waals surface area contributed by atoms with Gasteiger partial charge in [-0.2, -0.15) is 10.2 Å². The summed E-state index contributed by atoms with van der Waals surface area (Å²) in [6.07, 6.45) is -1.06. The van der Waals surface area contributed by atoms with Crippen LogP contribution in [-0.4, -0.2) is 31.2 Å². The predicted octanol–water partition coefficient (Wildman–Crippen LogP) is 2.27. The van der Waals surface area contributed by atoms with Gasteiger partial charge in [0.05, 0.1) is 11.4 Å². The zero-order valence-corrected chi connectivity index (χ0v) is 13.3. The third-order valence-corrected chi connectivity index (χ3v) is 3.89. The molecule has 0 aliphatic rings. The smallest absolute Gasteiger partial charge is 0.282 e. The number of nitrogens with zero attached hydrogens (tertiary/aromatic N) is 4. The standard InChI is InChI=1S/C13H17F2N5OS/c1-8-4-10(20(3)17-8)16-11(21)7-22-6-9-5-19(2)18-12(9)13(14)15/h4-5,13H,6-7H2,1-3H3,(H,16,21). The summed E-state index contributed by atoms with van der Waals surface area (Å²) in [5, 5.41) is 10.6. The van der Waals surface area contributed by atoms with Gasteiger partial charge in [-0.25, -0.2) is 8.78 Å². The van der Waals surface area contributed by atoms with Gasteiger partial charge in [0.2, 0.25) is 5.91 Å². The Labute approximate surface area is 130 Å². The number of aromatic nitrogens is 4. The molecule has 0 fully saturated rings. The Morgan fingerprint density at radius 1 is 1.41 bits per heavy atom. The Hall–Kier alpha value is -1.90. The van der Waals surface area contributed by atoms with Crippen LogP contribution in [0, 0.1) is 6.92 Å². The molecule has 0 saturated heterocycles. The Balaban J connectivity index is 1.86. The number of amides is 1. The minimum Gasteiger partial charge on any atom is -0.310 e. The molecule has 120 valence electrons. The van der Waals surface area contributed by atoms with Crippen LogP contribution in [0.3, 0.4) is 0 Å². The summed E-state index contributed by atoms with van der Waals surface area (Å²) in [7, 11) is 3.33. The molecular weight excluding hydrogens is 312 g/mol. The van der Waals surface area contributed by atoms with Crippen molar-refractivity contribution < 1.29 is 13.6 Å². The predicted molar refractivity (Wildman–Crippen MR) is 80.9 cm³/mol. The first-order chi connectivity index (χ1) is 10.4. The number of thioether (sulfide) groups is 1. The summed E-state index contributed by atoms with van der Waals surface area (Å²) in [6, 6.07) is 1.76. The minimum atomic E-state index is -2.61. The van der Waals surface area contributed by atoms with Gasteiger partial charge >= 0.3 is 0 Å². The average molecular weight is 329 g/mol. The highest BCUT2D eigenvalue weighted by Gasteiger charge is 2.17. The molecule has 0 radical (unpaired) electrons. The van der Waals surface area contributed by atoms with Gasteiger partial charge in [-0.15, -0.1) is 11.8 Å². The molecule has 0 atom stereocenters. The van der Waals surface area contributed by atoms with Crippen molar-refractivity contribution in [3.8, 4) is 0 Å². The molecule has 1 N–H and O–H groups in total. The van der Waals surface area contributed by atoms with E-state index < -0.39 is 6.43 Å². The first kappa shape index (κ1) is 16.5. The molecule has 9 heteroatoms. The lowest BCUT2D eigenvalue weighted by molar-refractivity contribution is -0.113. The van der Waals surface area contributed by atoms with E-state index in [1.165, 1.54) is 16.4 Å². The molecule has 22 heavy (non-hydrogen) atoms. The zero-order chi connectivity index (χ0) is 16.3. The fraction of sp³-hybridized carbons (Fsp3) is 0.462. The first-order valence-electron chi connectivity index (χ1n) is 6.55. The maximum Gasteiger partial charge on any atom is 0.282 e. The summed E-state index contributed by atoms with van der Waals surface area (Å²) < 4.78 is 28.5. The Morgan fingerprint density at radius 2 is 2.14 bits per heavy atom. The van der Waals surface area contributed by atoms with E-state index in [1.54, 1.807) is 31.0 Å². The van der Waals surface area contributed by atoms with Crippen LogP contribution in [0.25, 0.3) is 0 Å². The molecule has 6 nitrogen and oxygen atoms in total. The number of carbonyl (C=O) groups excluding carboxylic acids is 1. The molecule has 2 rings (SSSR count). The van der Waals surface area contributed by atoms with Gasteiger partial charge in [0.1, 0.15) is 11.5 Å². The SMILES string of the molecule is Cc1cc(NC(=O)CSCc2cn(C)nc2C(F)F)n(C)n1. The topological polar surface area (TPSA) is 64.7 Å². The molecule has 2 aromatic heterocycles. The number of hydrogen-bond donors (Lipinski definition) is 1. The number of hydrogen-bond acceptors (Lipinski definition) is 4. The van der Waals surface area contributed by atoms with E-state index >= 15 is 0 Å². The quantitative estimate of drug-likeness (QED) is 0.883. The van der Waals surface area contributed by atoms with Gasteiger partial charge in [0, 0.05) is 37.7 Å². The Bertz CT molecular complexity index is 667. The van der Waals surface area contributed by atoms with Crippen molar-refractivity contribution in [2.45, 2.75) is 19.1 Å². The molecule has 0 aliphatic carbocycles. The van der Waals surface area contributed by atoms with Crippen LogP contribution < -0.4 is 5.32 Å². The lowest BCUT2D eigenvalue weighted by atomic mass is 10.3. The third-order valence-electron chi connectivity index (χ3n) is 2.90. The lowest BCUT2D eigenvalue weighted by Crippen LogP contribution is -2.16. The van der Waals surface area contributed by atoms with Crippen molar-refractivity contribution >= 4 is 23.5 Å². The number of aryl methyl sites for hydroxylation is 3. The summed E-state index contributed by atoms with van der Waals surface area (Å²) in [5.41, 5.74) is 1.03. The van der Waals surface area contributed by atoms with Gasteiger partial charge in [-0.3, -0.25) is 14.2 Å². The third kappa shape index (κ3) is 4.06. The average Bonchev–Trinajstić information content (AvgIpc) is 2.93. The largest absolute Gasteiger partial charge is 0.310 e. The molecule has 0 spiro atoms. The summed E-state index contributed by atoms with van der Waals surface area (Å²) >= 11 is 1.26. The van der Waals surface area contributed by atoms with E-state index in [4.69, 9.17) is 0 Å². The maximum atomic E-state index is 12.8. The normalized spacial score (nSPS) is 11.2. The van der Waals surface area contributed by atoms with Crippen molar-refractivity contribution in [1.29, 1.82) is 0 Å². The zero-order valence-electron chi connectivity index (χ0n) is 12.5. The van der Waals surface area contributed by atoms with Gasteiger partial charge in [0.25, 0.3) is 6.43 Å². The summed E-state index contributed by atoms with van der Waals surface area (Å²) in [5.74, 6) is 0.890. The Kier molecular flexibility index (Phi) is 5.17. The molecule has 0 aromatic carbocycles. The highest BCUT2D eigenvalue weighted by molar-refractivity contribution is 7.99. The highest BCUT2D eigenvalue weighted by Crippen LogP contribution is 2.24. The number of rotatable bonds is 6. The molecule has 0 aliphatic heterocycles. The molecule has 2 aromatic rings. The number of anilines is 1. The second-order valence-corrected chi connectivity index (χ2v) is 5.84. The summed E-state index contributed by atoms with van der Waals surface area (Å²) in [4.78, 5) is 11.8. The van der Waals surface area contributed by atoms with Crippen LogP contribution in [-0.2, 0) is 24.6 Å². The maximum absolute atomic E-state index is 12.8. The molecule has 0 bridgehead atoms. The van der Waals surface area contributed by atoms with Gasteiger partial charge < -0.3 is 5.32 Å². The summed E-state index contributed by atoms with van der Waals surface area (Å²) in [6.45, 7) is 1.83. The van der Waals surface area contributed by atoms with Gasteiger partial charge in [0.15, 0.2) is 0 Å². The van der Waals surface area contributed by atoms with Crippen molar-refractivity contribution in [1.82, 2.24) is 19.6 Å². The van der Waals surface area contributed by atoms with Gasteiger partial charge in [-0.1, -0.05) is 0 Å². The van der Waals surface area contributed by atoms with Gasteiger partial charge in [-0.05, 0) is 6.92 Å². The van der Waals surface area contributed by atoms with E-state index in [0.717, 1.165) is 5.69 Å². The number of halogens is 2. The Morgan fingerprint density at radius 3 is 2.73 bits per heavy atom. The second kappa shape index (κ2) is 6.91. The van der Waals surface area contributed by atoms with Crippen LogP contribution in [0.2, 0.25) is 0 Å². The number of nitrogens with one attached hydrogen (secondary N) is 1. The molecule has 2 heterocycles. The molecular formula is C13H17F2N5OS. The van der Waals surface area contributed by atoms with Crippen LogP contribution in [0.4, 0.5) is 14.6 Å². The lowest BCUT2D eigenvalue weighted by Gasteiger charge is -2.05. The van der Waals surface area contributed by atoms with E-state index in [1.807, 2.05) is 6.92 Å². The van der Waals surface area contributed by atoms with Crippen LogP contribution in [0.15, 0.2) is 12.3 Å². The van der Waals surface area contributed by atoms with Crippen molar-refractivity contribution in [2.24, 2.45) is 14.1 Å². The van der Waals surface area contributed by atoms with E-state index in [2.05, 4.69) is 15.5 Å². The fourth-order valence-electron chi connectivity index (χ4n) is 2.01. The monoisotopic (exact) mass is 329 g/mol. The second-order valence-electron chi connectivity index (χ2n) is 4.85. The number of carbonyl (C=O) groups is 1. The van der Waals surface area contributed by atoms with E-state index in [9.17, 15) is 13.6 Å². The number of alkyl halides is 2. The minimum absolute atomic E-state index is 0.168. The van der Waals surface area contributed by atoms with Crippen LogP contribution >= 0.6 is 11.8 Å². The first-order valence-corrected chi connectivity index (χ1v) is 7.71. The van der Waals surface area contributed by atoms with Crippen molar-refractivity contribution in [3.05, 3.63) is 29.2 Å². The highest BCUT2D eigenvalue weighted by atomic mass is 32.2. The van der Waals surface area contributed by atoms with Crippen molar-refractivity contribution in [2.75, 3.05) is 11.1 Å². The molecule has 0 saturated carbocycles. The molecule has 0 unspecified atom stereocenters. The van der Waals surface area contributed by atoms with E-state index in [-0.39, 0.29) is 17.4 Å². The fourth-order valence-corrected chi connectivity index (χ4v) is 2.81.